The summed E-state index contributed by atoms with van der Waals surface area (Å²) in [4.78, 5) is 22.8. The van der Waals surface area contributed by atoms with Crippen LogP contribution in [0.5, 0.6) is 0 Å². The molecule has 222 valence electrons. The van der Waals surface area contributed by atoms with Gasteiger partial charge in [-0.25, -0.2) is 13.8 Å². The van der Waals surface area contributed by atoms with Gasteiger partial charge in [-0.2, -0.15) is 0 Å². The van der Waals surface area contributed by atoms with E-state index in [1.54, 1.807) is 0 Å². The van der Waals surface area contributed by atoms with Gasteiger partial charge in [-0.1, -0.05) is 6.07 Å². The number of carbonyl (C=O) groups excluding carboxylic acids is 1. The molecule has 0 unspecified atom stereocenters. The molecule has 0 spiro atoms. The Kier molecular flexibility index (Phi) is 8.96. The highest BCUT2D eigenvalue weighted by Gasteiger charge is 2.31. The van der Waals surface area contributed by atoms with Crippen LogP contribution < -0.4 is 26.6 Å². The fraction of sp³-hybridized carbons (Fsp3) is 0.586. The molecule has 2 aromatic rings. The van der Waals surface area contributed by atoms with Crippen LogP contribution in [0.1, 0.15) is 70.3 Å². The summed E-state index contributed by atoms with van der Waals surface area (Å²) in [6.07, 6.45) is 9.88. The molecule has 5 N–H and O–H groups in total. The normalized spacial score (nSPS) is 27.9. The molecule has 1 amide bonds. The van der Waals surface area contributed by atoms with Crippen molar-refractivity contribution in [3.8, 4) is 0 Å². The summed E-state index contributed by atoms with van der Waals surface area (Å²) >= 11 is -0.733. The summed E-state index contributed by atoms with van der Waals surface area (Å²) in [6, 6.07) is 4.30. The third kappa shape index (κ3) is 6.64. The minimum absolute atomic E-state index is 0.0254. The summed E-state index contributed by atoms with van der Waals surface area (Å²) < 4.78 is 33.4. The molecule has 1 aromatic heterocycles. The highest BCUT2D eigenvalue weighted by atomic mass is 127. The maximum absolute atomic E-state index is 14.6. The number of nitrogens with one attached hydrogen (secondary N) is 4. The van der Waals surface area contributed by atoms with Crippen molar-refractivity contribution < 1.29 is 18.7 Å². The quantitative estimate of drug-likeness (QED) is 0.235. The number of aliphatic imine (C=N–C) groups is 1. The van der Waals surface area contributed by atoms with Crippen LogP contribution in [-0.4, -0.2) is 55.7 Å². The number of hydrogen-bond donors (Lipinski definition) is 5. The summed E-state index contributed by atoms with van der Waals surface area (Å²) in [7, 11) is 0. The van der Waals surface area contributed by atoms with Crippen LogP contribution in [0.3, 0.4) is 0 Å². The number of fused-ring (bicyclic) bond motifs is 1. The molecule has 0 bridgehead atoms. The van der Waals surface area contributed by atoms with Crippen molar-refractivity contribution >= 4 is 48.3 Å². The van der Waals surface area contributed by atoms with Crippen LogP contribution in [-0.2, 0) is 4.79 Å². The van der Waals surface area contributed by atoms with Gasteiger partial charge in [-0.15, -0.1) is 0 Å². The van der Waals surface area contributed by atoms with Crippen LogP contribution >= 0.6 is 20.7 Å². The van der Waals surface area contributed by atoms with Gasteiger partial charge in [-0.05, 0) is 110 Å². The van der Waals surface area contributed by atoms with Gasteiger partial charge in [-0.3, -0.25) is 9.79 Å². The Balaban J connectivity index is 1.27. The average Bonchev–Trinajstić information content (AvgIpc) is 3.34. The van der Waals surface area contributed by atoms with E-state index in [-0.39, 0.29) is 41.7 Å². The lowest BCUT2D eigenvalue weighted by atomic mass is 9.85. The Morgan fingerprint density at radius 3 is 2.44 bits per heavy atom. The van der Waals surface area contributed by atoms with E-state index in [1.807, 2.05) is 6.20 Å². The third-order valence-electron chi connectivity index (χ3n) is 8.66. The zero-order valence-corrected chi connectivity index (χ0v) is 25.2. The van der Waals surface area contributed by atoms with E-state index in [0.717, 1.165) is 89.8 Å². The molecule has 9 nitrogen and oxygen atoms in total. The van der Waals surface area contributed by atoms with E-state index in [2.05, 4.69) is 25.8 Å². The molecule has 1 aromatic carbocycles. The van der Waals surface area contributed by atoms with Crippen LogP contribution in [0.2, 0.25) is 0 Å². The number of imidazole rings is 1. The second-order valence-electron chi connectivity index (χ2n) is 11.5. The van der Waals surface area contributed by atoms with E-state index in [1.165, 1.54) is 18.2 Å². The van der Waals surface area contributed by atoms with Gasteiger partial charge in [0.25, 0.3) is 0 Å². The molecular formula is C29H38F2IN7O2. The standard InChI is InChI=1S/C29H38F2IN7O2/c30-22-2-1-3-23(31)25(22)38-29-37-24-16-34-28(36-18-6-10-21(40)11-7-18)32-26(24)39(29)20-8-4-17(5-9-20)27(41)35-19-12-14-33-15-13-19/h1-3,16-21,33,40H,4-15H2,(H,34,36)(H,35,41)(H,37,38). The fourth-order valence-corrected chi connectivity index (χ4v) is 9.06. The third-order valence-corrected chi connectivity index (χ3v) is 11.3. The lowest BCUT2D eigenvalue weighted by Gasteiger charge is -2.31. The summed E-state index contributed by atoms with van der Waals surface area (Å²) in [6.45, 7) is 1.87. The van der Waals surface area contributed by atoms with E-state index < -0.39 is 32.4 Å². The number of nitrogens with zero attached hydrogens (tertiary/aromatic N) is 3. The lowest BCUT2D eigenvalue weighted by molar-refractivity contribution is -0.127. The van der Waals surface area contributed by atoms with Gasteiger partial charge < -0.3 is 30.9 Å². The van der Waals surface area contributed by atoms with Gasteiger partial charge in [0.2, 0.25) is 11.9 Å². The topological polar surface area (TPSA) is 116 Å². The predicted octanol–water partition coefficient (Wildman–Crippen LogP) is 3.73. The van der Waals surface area contributed by atoms with Crippen LogP contribution in [0.4, 0.5) is 20.4 Å². The first kappa shape index (κ1) is 28.7. The number of carbonyl (C=O) groups is 1. The molecule has 1 saturated heterocycles. The second kappa shape index (κ2) is 12.8. The average molecular weight is 682 g/mol. The van der Waals surface area contributed by atoms with Gasteiger partial charge >= 0.3 is 0 Å². The molecule has 4 aliphatic rings. The molecule has 6 rings (SSSR count). The molecule has 2 aliphatic carbocycles. The Morgan fingerprint density at radius 1 is 1.02 bits per heavy atom. The van der Waals surface area contributed by atoms with Gasteiger partial charge in [0.15, 0.2) is 3.84 Å². The summed E-state index contributed by atoms with van der Waals surface area (Å²) in [5.74, 6) is -0.806. The van der Waals surface area contributed by atoms with Crippen molar-refractivity contribution in [3.63, 3.8) is 0 Å². The summed E-state index contributed by atoms with van der Waals surface area (Å²) in [5.41, 5.74) is -0.216. The largest absolute Gasteiger partial charge is 0.393 e. The number of aliphatic hydroxyl groups excluding tert-OH is 1. The first-order valence-electron chi connectivity index (χ1n) is 14.8. The highest BCUT2D eigenvalue weighted by Crippen LogP contribution is 2.36. The Bertz CT molecular complexity index is 1390. The Labute approximate surface area is 248 Å². The van der Waals surface area contributed by atoms with Gasteiger partial charge in [0.1, 0.15) is 26.0 Å². The Morgan fingerprint density at radius 2 is 1.73 bits per heavy atom. The number of para-hydroxylation sites is 1. The summed E-state index contributed by atoms with van der Waals surface area (Å²) in [5, 5.41) is 23.5. The van der Waals surface area contributed by atoms with Crippen molar-refractivity contribution in [1.29, 1.82) is 0 Å². The van der Waals surface area contributed by atoms with Crippen molar-refractivity contribution in [2.75, 3.05) is 18.4 Å². The zero-order chi connectivity index (χ0) is 28.3. The van der Waals surface area contributed by atoms with Gasteiger partial charge in [0.05, 0.1) is 12.1 Å². The smallest absolute Gasteiger partial charge is 0.223 e. The molecule has 3 heterocycles. The first-order valence-corrected chi connectivity index (χ1v) is 16.9. The van der Waals surface area contributed by atoms with E-state index in [4.69, 9.17) is 9.98 Å². The number of amidine groups is 1. The SMILES string of the molecule is O=C(NC1CCNCC1)C1CCC(n2c(Nc3c(F)cccc3F)nc3c2=IC(=NC2CCC(O)CC2)NC=3)CC1. The highest BCUT2D eigenvalue weighted by molar-refractivity contribution is 14.2. The minimum Gasteiger partial charge on any atom is -0.393 e. The van der Waals surface area contributed by atoms with Gasteiger partial charge in [0, 0.05) is 24.2 Å². The monoisotopic (exact) mass is 681 g/mol. The van der Waals surface area contributed by atoms with Crippen LogP contribution in [0.25, 0.3) is 6.20 Å². The van der Waals surface area contributed by atoms with E-state index >= 15 is 0 Å². The van der Waals surface area contributed by atoms with E-state index in [0.29, 0.717) is 5.95 Å². The van der Waals surface area contributed by atoms with Crippen LogP contribution in [0.15, 0.2) is 23.2 Å². The maximum atomic E-state index is 14.6. The lowest BCUT2D eigenvalue weighted by Crippen LogP contribution is -2.45. The molecule has 2 saturated carbocycles. The maximum Gasteiger partial charge on any atom is 0.223 e. The van der Waals surface area contributed by atoms with Crippen molar-refractivity contribution in [2.24, 2.45) is 10.9 Å². The van der Waals surface area contributed by atoms with Crippen molar-refractivity contribution in [3.05, 3.63) is 38.5 Å². The molecule has 12 heteroatoms. The first-order chi connectivity index (χ1) is 19.9. The number of amides is 1. The van der Waals surface area contributed by atoms with Crippen molar-refractivity contribution in [1.82, 2.24) is 25.5 Å². The number of hydrogen-bond acceptors (Lipinski definition) is 6. The molecule has 41 heavy (non-hydrogen) atoms. The Hall–Kier alpha value is -2.45. The number of aromatic nitrogens is 2. The predicted molar refractivity (Wildman–Crippen MR) is 163 cm³/mol. The number of rotatable bonds is 6. The molecule has 0 atom stereocenters. The van der Waals surface area contributed by atoms with E-state index in [9.17, 15) is 18.7 Å². The fourth-order valence-electron chi connectivity index (χ4n) is 6.30. The number of benzene rings is 1. The minimum atomic E-state index is -0.733. The molecule has 3 fully saturated rings. The van der Waals surface area contributed by atoms with Crippen LogP contribution in [0, 0.1) is 20.8 Å². The number of anilines is 2. The second-order valence-corrected chi connectivity index (χ2v) is 14.1. The molecule has 0 radical (unpaired) electrons. The molecule has 2 aliphatic heterocycles. The number of halogens is 3. The number of aliphatic hydroxyl groups is 1. The zero-order valence-electron chi connectivity index (χ0n) is 23.0. The van der Waals surface area contributed by atoms with Crippen molar-refractivity contribution in [2.45, 2.75) is 88.4 Å². The number of piperidine rings is 1. The molecular weight excluding hydrogens is 643 g/mol.